The van der Waals surface area contributed by atoms with Crippen LogP contribution in [0.5, 0.6) is 0 Å². The highest BCUT2D eigenvalue weighted by molar-refractivity contribution is 5.83. The number of para-hydroxylation sites is 1. The van der Waals surface area contributed by atoms with Crippen LogP contribution in [0, 0.1) is 0 Å². The second kappa shape index (κ2) is 5.39. The zero-order valence-corrected chi connectivity index (χ0v) is 9.82. The quantitative estimate of drug-likeness (QED) is 0.795. The van der Waals surface area contributed by atoms with Gasteiger partial charge in [-0.3, -0.25) is 0 Å². The minimum absolute atomic E-state index is 0.371. The molecule has 0 saturated heterocycles. The molecule has 17 heavy (non-hydrogen) atoms. The van der Waals surface area contributed by atoms with Crippen molar-refractivity contribution in [3.05, 3.63) is 36.0 Å². The van der Waals surface area contributed by atoms with Crippen LogP contribution in [-0.4, -0.2) is 24.7 Å². The predicted octanol–water partition coefficient (Wildman–Crippen LogP) is 2.46. The third kappa shape index (κ3) is 2.78. The number of hydrogen-bond donors (Lipinski definition) is 2. The number of hydrogen-bond acceptors (Lipinski definition) is 2. The van der Waals surface area contributed by atoms with Gasteiger partial charge in [-0.25, -0.2) is 4.79 Å². The summed E-state index contributed by atoms with van der Waals surface area (Å²) >= 11 is 0. The lowest BCUT2D eigenvalue weighted by atomic mass is 10.1. The number of carbonyl (C=O) groups excluding carboxylic acids is 1. The Bertz CT molecular complexity index is 505. The van der Waals surface area contributed by atoms with Gasteiger partial charge in [0.1, 0.15) is 0 Å². The molecule has 2 N–H and O–H groups in total. The zero-order chi connectivity index (χ0) is 12.1. The Balaban J connectivity index is 1.89. The standard InChI is InChI=1S/C13H16N2O2/c1-17-13(16)14-8-4-5-10-9-15-12-7-3-2-6-11(10)12/h2-3,6-7,9,15H,4-5,8H2,1H3,(H,14,16). The van der Waals surface area contributed by atoms with Gasteiger partial charge < -0.3 is 15.0 Å². The molecule has 0 saturated carbocycles. The summed E-state index contributed by atoms with van der Waals surface area (Å²) in [6.45, 7) is 0.631. The van der Waals surface area contributed by atoms with Crippen LogP contribution >= 0.6 is 0 Å². The average molecular weight is 232 g/mol. The van der Waals surface area contributed by atoms with Gasteiger partial charge >= 0.3 is 6.09 Å². The number of nitrogens with one attached hydrogen (secondary N) is 2. The third-order valence-corrected chi connectivity index (χ3v) is 2.75. The number of amides is 1. The average Bonchev–Trinajstić information content (AvgIpc) is 2.78. The van der Waals surface area contributed by atoms with E-state index in [1.165, 1.54) is 18.1 Å². The van der Waals surface area contributed by atoms with Crippen molar-refractivity contribution in [2.75, 3.05) is 13.7 Å². The number of alkyl carbamates (subject to hydrolysis) is 1. The number of benzene rings is 1. The molecule has 1 aromatic carbocycles. The van der Waals surface area contributed by atoms with E-state index in [1.807, 2.05) is 18.3 Å². The van der Waals surface area contributed by atoms with Gasteiger partial charge in [0.25, 0.3) is 0 Å². The summed E-state index contributed by atoms with van der Waals surface area (Å²) in [6.07, 6.45) is 3.50. The fourth-order valence-electron chi connectivity index (χ4n) is 1.88. The number of aromatic nitrogens is 1. The Morgan fingerprint density at radius 2 is 2.24 bits per heavy atom. The summed E-state index contributed by atoms with van der Waals surface area (Å²) in [5.41, 5.74) is 2.44. The summed E-state index contributed by atoms with van der Waals surface area (Å²) in [5.74, 6) is 0. The van der Waals surface area contributed by atoms with Crippen LogP contribution in [0.3, 0.4) is 0 Å². The smallest absolute Gasteiger partial charge is 0.406 e. The highest BCUT2D eigenvalue weighted by Gasteiger charge is 2.03. The van der Waals surface area contributed by atoms with Gasteiger partial charge in [0.2, 0.25) is 0 Å². The molecule has 1 amide bonds. The fourth-order valence-corrected chi connectivity index (χ4v) is 1.88. The van der Waals surface area contributed by atoms with Crippen LogP contribution in [-0.2, 0) is 11.2 Å². The minimum atomic E-state index is -0.371. The zero-order valence-electron chi connectivity index (χ0n) is 9.82. The van der Waals surface area contributed by atoms with Crippen LogP contribution in [0.25, 0.3) is 10.9 Å². The summed E-state index contributed by atoms with van der Waals surface area (Å²) in [4.78, 5) is 14.1. The molecule has 0 atom stereocenters. The van der Waals surface area contributed by atoms with Crippen LogP contribution in [0.4, 0.5) is 4.79 Å². The number of rotatable bonds is 4. The summed E-state index contributed by atoms with van der Waals surface area (Å²) in [5, 5.41) is 3.93. The molecule has 2 rings (SSSR count). The molecule has 4 nitrogen and oxygen atoms in total. The third-order valence-electron chi connectivity index (χ3n) is 2.75. The lowest BCUT2D eigenvalue weighted by molar-refractivity contribution is 0.171. The largest absolute Gasteiger partial charge is 0.453 e. The van der Waals surface area contributed by atoms with Gasteiger partial charge in [-0.2, -0.15) is 0 Å². The molecule has 0 aliphatic heterocycles. The van der Waals surface area contributed by atoms with Crippen molar-refractivity contribution in [1.29, 1.82) is 0 Å². The number of aromatic amines is 1. The van der Waals surface area contributed by atoms with Crippen LogP contribution in [0.15, 0.2) is 30.5 Å². The SMILES string of the molecule is COC(=O)NCCCc1c[nH]c2ccccc12. The van der Waals surface area contributed by atoms with Crippen molar-refractivity contribution in [3.8, 4) is 0 Å². The fraction of sp³-hybridized carbons (Fsp3) is 0.308. The molecular weight excluding hydrogens is 216 g/mol. The highest BCUT2D eigenvalue weighted by Crippen LogP contribution is 2.18. The molecule has 1 aromatic heterocycles. The predicted molar refractivity (Wildman–Crippen MR) is 67.0 cm³/mol. The van der Waals surface area contributed by atoms with Crippen molar-refractivity contribution in [2.24, 2.45) is 0 Å². The maximum atomic E-state index is 10.8. The van der Waals surface area contributed by atoms with Gasteiger partial charge in [-0.05, 0) is 24.5 Å². The summed E-state index contributed by atoms with van der Waals surface area (Å²) < 4.78 is 4.50. The summed E-state index contributed by atoms with van der Waals surface area (Å²) in [7, 11) is 1.37. The Labute approximate surface area is 100.0 Å². The van der Waals surface area contributed by atoms with E-state index >= 15 is 0 Å². The molecule has 0 fully saturated rings. The Morgan fingerprint density at radius 3 is 3.06 bits per heavy atom. The Morgan fingerprint density at radius 1 is 1.41 bits per heavy atom. The monoisotopic (exact) mass is 232 g/mol. The van der Waals surface area contributed by atoms with E-state index in [4.69, 9.17) is 0 Å². The molecule has 0 spiro atoms. The van der Waals surface area contributed by atoms with Gasteiger partial charge in [-0.1, -0.05) is 18.2 Å². The van der Waals surface area contributed by atoms with Crippen LogP contribution in [0.2, 0.25) is 0 Å². The van der Waals surface area contributed by atoms with Crippen molar-refractivity contribution in [3.63, 3.8) is 0 Å². The Hall–Kier alpha value is -1.97. The number of H-pyrrole nitrogens is 1. The normalized spacial score (nSPS) is 10.4. The number of carbonyl (C=O) groups is 1. The number of ether oxygens (including phenoxy) is 1. The second-order valence-electron chi connectivity index (χ2n) is 3.88. The van der Waals surface area contributed by atoms with Gasteiger partial charge in [0, 0.05) is 23.6 Å². The summed E-state index contributed by atoms with van der Waals surface area (Å²) in [6, 6.07) is 8.22. The molecule has 4 heteroatoms. The van der Waals surface area contributed by atoms with Crippen molar-refractivity contribution in [1.82, 2.24) is 10.3 Å². The van der Waals surface area contributed by atoms with Gasteiger partial charge in [0.15, 0.2) is 0 Å². The number of methoxy groups -OCH3 is 1. The molecule has 90 valence electrons. The number of fused-ring (bicyclic) bond motifs is 1. The van der Waals surface area contributed by atoms with E-state index in [0.29, 0.717) is 6.54 Å². The molecule has 0 radical (unpaired) electrons. The van der Waals surface area contributed by atoms with Gasteiger partial charge in [0.05, 0.1) is 7.11 Å². The first-order valence-corrected chi connectivity index (χ1v) is 5.68. The van der Waals surface area contributed by atoms with E-state index in [1.54, 1.807) is 0 Å². The lowest BCUT2D eigenvalue weighted by Gasteiger charge is -2.02. The van der Waals surface area contributed by atoms with E-state index in [9.17, 15) is 4.79 Å². The molecular formula is C13H16N2O2. The second-order valence-corrected chi connectivity index (χ2v) is 3.88. The Kier molecular flexibility index (Phi) is 3.65. The van der Waals surface area contributed by atoms with Crippen LogP contribution < -0.4 is 5.32 Å². The van der Waals surface area contributed by atoms with Crippen molar-refractivity contribution < 1.29 is 9.53 Å². The molecule has 0 unspecified atom stereocenters. The molecule has 1 heterocycles. The number of aryl methyl sites for hydroxylation is 1. The van der Waals surface area contributed by atoms with E-state index in [2.05, 4.69) is 27.2 Å². The first kappa shape index (κ1) is 11.5. The van der Waals surface area contributed by atoms with E-state index in [0.717, 1.165) is 18.4 Å². The topological polar surface area (TPSA) is 54.1 Å². The molecule has 2 aromatic rings. The van der Waals surface area contributed by atoms with E-state index < -0.39 is 0 Å². The van der Waals surface area contributed by atoms with Crippen molar-refractivity contribution >= 4 is 17.0 Å². The van der Waals surface area contributed by atoms with Crippen molar-refractivity contribution in [2.45, 2.75) is 12.8 Å². The van der Waals surface area contributed by atoms with Gasteiger partial charge in [-0.15, -0.1) is 0 Å². The van der Waals surface area contributed by atoms with E-state index in [-0.39, 0.29) is 6.09 Å². The molecule has 0 bridgehead atoms. The first-order chi connectivity index (χ1) is 8.31. The maximum absolute atomic E-state index is 10.8. The molecule has 0 aliphatic rings. The highest BCUT2D eigenvalue weighted by atomic mass is 16.5. The first-order valence-electron chi connectivity index (χ1n) is 5.68. The van der Waals surface area contributed by atoms with Crippen LogP contribution in [0.1, 0.15) is 12.0 Å². The molecule has 0 aliphatic carbocycles. The lowest BCUT2D eigenvalue weighted by Crippen LogP contribution is -2.24. The minimum Gasteiger partial charge on any atom is -0.453 e. The maximum Gasteiger partial charge on any atom is 0.406 e.